The molecular weight excluding hydrogens is 248 g/mol. The van der Waals surface area contributed by atoms with E-state index in [0.717, 1.165) is 0 Å². The molecule has 1 rings (SSSR count). The lowest BCUT2D eigenvalue weighted by molar-refractivity contribution is 0.288. The van der Waals surface area contributed by atoms with Crippen molar-refractivity contribution in [2.24, 2.45) is 0 Å². The second kappa shape index (κ2) is 6.12. The van der Waals surface area contributed by atoms with Crippen LogP contribution in [0.3, 0.4) is 0 Å². The van der Waals surface area contributed by atoms with Crippen LogP contribution >= 0.6 is 23.4 Å². The SMILES string of the molecule is CSC(CO)C(C)Nc1nc(N)ncc1Cl. The van der Waals surface area contributed by atoms with E-state index >= 15 is 0 Å². The van der Waals surface area contributed by atoms with E-state index < -0.39 is 0 Å². The number of nitrogens with two attached hydrogens (primary N) is 1. The molecule has 0 spiro atoms. The number of aromatic nitrogens is 2. The Morgan fingerprint density at radius 3 is 2.94 bits per heavy atom. The maximum Gasteiger partial charge on any atom is 0.222 e. The first-order chi connectivity index (χ1) is 7.58. The zero-order chi connectivity index (χ0) is 12.1. The number of hydrogen-bond acceptors (Lipinski definition) is 6. The number of aliphatic hydroxyl groups is 1. The minimum absolute atomic E-state index is 0.0341. The molecule has 0 radical (unpaired) electrons. The van der Waals surface area contributed by atoms with Crippen LogP contribution in [-0.4, -0.2) is 39.2 Å². The standard InChI is InChI=1S/C9H15ClN4OS/c1-5(7(4-15)16-2)13-8-6(10)3-12-9(11)14-8/h3,5,7,15H,4H2,1-2H3,(H3,11,12,13,14). The normalized spacial score (nSPS) is 14.5. The van der Waals surface area contributed by atoms with E-state index in [1.54, 1.807) is 11.8 Å². The van der Waals surface area contributed by atoms with Gasteiger partial charge in [0.15, 0.2) is 5.82 Å². The first-order valence-electron chi connectivity index (χ1n) is 4.76. The Kier molecular flexibility index (Phi) is 5.11. The molecule has 0 fully saturated rings. The maximum absolute atomic E-state index is 9.15. The highest BCUT2D eigenvalue weighted by atomic mass is 35.5. The van der Waals surface area contributed by atoms with Gasteiger partial charge in [-0.2, -0.15) is 16.7 Å². The molecule has 0 saturated carbocycles. The molecule has 0 aliphatic carbocycles. The molecule has 16 heavy (non-hydrogen) atoms. The van der Waals surface area contributed by atoms with Crippen LogP contribution in [0, 0.1) is 0 Å². The van der Waals surface area contributed by atoms with Crippen LogP contribution < -0.4 is 11.1 Å². The molecule has 7 heteroatoms. The van der Waals surface area contributed by atoms with Crippen LogP contribution in [0.1, 0.15) is 6.92 Å². The van der Waals surface area contributed by atoms with Gasteiger partial charge in [-0.05, 0) is 13.2 Å². The quantitative estimate of drug-likeness (QED) is 0.740. The predicted octanol–water partition coefficient (Wildman–Crippen LogP) is 1.24. The lowest BCUT2D eigenvalue weighted by Crippen LogP contribution is -2.31. The summed E-state index contributed by atoms with van der Waals surface area (Å²) in [4.78, 5) is 7.77. The van der Waals surface area contributed by atoms with Crippen LogP contribution in [0.2, 0.25) is 5.02 Å². The maximum atomic E-state index is 9.15. The summed E-state index contributed by atoms with van der Waals surface area (Å²) in [6, 6.07) is 0.0341. The van der Waals surface area contributed by atoms with Gasteiger partial charge in [-0.3, -0.25) is 0 Å². The third-order valence-corrected chi connectivity index (χ3v) is 3.61. The lowest BCUT2D eigenvalue weighted by atomic mass is 10.2. The molecular formula is C9H15ClN4OS. The van der Waals surface area contributed by atoms with E-state index in [9.17, 15) is 0 Å². The number of anilines is 2. The van der Waals surface area contributed by atoms with Gasteiger partial charge in [-0.15, -0.1) is 0 Å². The fraction of sp³-hybridized carbons (Fsp3) is 0.556. The number of rotatable bonds is 5. The third-order valence-electron chi connectivity index (χ3n) is 2.17. The van der Waals surface area contributed by atoms with Gasteiger partial charge >= 0.3 is 0 Å². The minimum Gasteiger partial charge on any atom is -0.395 e. The number of aliphatic hydroxyl groups excluding tert-OH is 1. The second-order valence-electron chi connectivity index (χ2n) is 3.31. The van der Waals surface area contributed by atoms with Gasteiger partial charge in [-0.25, -0.2) is 4.98 Å². The summed E-state index contributed by atoms with van der Waals surface area (Å²) in [5, 5.41) is 12.7. The van der Waals surface area contributed by atoms with Crippen LogP contribution in [0.4, 0.5) is 11.8 Å². The first-order valence-corrected chi connectivity index (χ1v) is 6.43. The Labute approximate surface area is 104 Å². The van der Waals surface area contributed by atoms with Gasteiger partial charge in [0.1, 0.15) is 5.02 Å². The minimum atomic E-state index is 0.0341. The Bertz CT molecular complexity index is 348. The largest absolute Gasteiger partial charge is 0.395 e. The molecule has 1 aromatic heterocycles. The van der Waals surface area contributed by atoms with E-state index in [1.807, 2.05) is 13.2 Å². The Balaban J connectivity index is 2.75. The van der Waals surface area contributed by atoms with Gasteiger partial charge < -0.3 is 16.2 Å². The van der Waals surface area contributed by atoms with Crippen molar-refractivity contribution in [3.8, 4) is 0 Å². The summed E-state index contributed by atoms with van der Waals surface area (Å²) >= 11 is 7.50. The fourth-order valence-electron chi connectivity index (χ4n) is 1.23. The highest BCUT2D eigenvalue weighted by Gasteiger charge is 2.16. The number of thioether (sulfide) groups is 1. The van der Waals surface area contributed by atoms with Crippen LogP contribution in [0.25, 0.3) is 0 Å². The smallest absolute Gasteiger partial charge is 0.222 e. The van der Waals surface area contributed by atoms with E-state index in [-0.39, 0.29) is 23.8 Å². The topological polar surface area (TPSA) is 84.1 Å². The number of nitrogen functional groups attached to an aromatic ring is 1. The Morgan fingerprint density at radius 1 is 1.69 bits per heavy atom. The Morgan fingerprint density at radius 2 is 2.38 bits per heavy atom. The van der Waals surface area contributed by atoms with Crippen molar-refractivity contribution >= 4 is 35.1 Å². The Hall–Kier alpha value is -0.720. The molecule has 1 aromatic rings. The molecule has 2 unspecified atom stereocenters. The van der Waals surface area contributed by atoms with Gasteiger partial charge in [0.2, 0.25) is 5.95 Å². The first kappa shape index (κ1) is 13.3. The second-order valence-corrected chi connectivity index (χ2v) is 4.80. The summed E-state index contributed by atoms with van der Waals surface area (Å²) in [5.74, 6) is 0.665. The molecule has 90 valence electrons. The summed E-state index contributed by atoms with van der Waals surface area (Å²) in [7, 11) is 0. The van der Waals surface area contributed by atoms with Crippen molar-refractivity contribution in [2.75, 3.05) is 23.9 Å². The number of halogens is 1. The van der Waals surface area contributed by atoms with Crippen molar-refractivity contribution in [3.05, 3.63) is 11.2 Å². The third kappa shape index (κ3) is 3.40. The average molecular weight is 263 g/mol. The van der Waals surface area contributed by atoms with Crippen LogP contribution in [-0.2, 0) is 0 Å². The van der Waals surface area contributed by atoms with Crippen molar-refractivity contribution < 1.29 is 5.11 Å². The van der Waals surface area contributed by atoms with Crippen molar-refractivity contribution in [1.29, 1.82) is 0 Å². The summed E-state index contributed by atoms with van der Waals surface area (Å²) in [6.07, 6.45) is 3.39. The zero-order valence-corrected chi connectivity index (χ0v) is 10.7. The molecule has 0 amide bonds. The van der Waals surface area contributed by atoms with Gasteiger partial charge in [0.25, 0.3) is 0 Å². The van der Waals surface area contributed by atoms with E-state index in [0.29, 0.717) is 10.8 Å². The average Bonchev–Trinajstić information content (AvgIpc) is 2.25. The molecule has 0 aliphatic rings. The number of hydrogen-bond donors (Lipinski definition) is 3. The van der Waals surface area contributed by atoms with E-state index in [1.165, 1.54) is 6.20 Å². The van der Waals surface area contributed by atoms with Gasteiger partial charge in [0.05, 0.1) is 12.8 Å². The number of nitrogens with one attached hydrogen (secondary N) is 1. The highest BCUT2D eigenvalue weighted by molar-refractivity contribution is 7.99. The molecule has 4 N–H and O–H groups in total. The molecule has 0 aromatic carbocycles. The summed E-state index contributed by atoms with van der Waals surface area (Å²) < 4.78 is 0. The van der Waals surface area contributed by atoms with Gasteiger partial charge in [-0.1, -0.05) is 11.6 Å². The van der Waals surface area contributed by atoms with Crippen molar-refractivity contribution in [1.82, 2.24) is 9.97 Å². The molecule has 1 heterocycles. The lowest BCUT2D eigenvalue weighted by Gasteiger charge is -2.22. The monoisotopic (exact) mass is 262 g/mol. The van der Waals surface area contributed by atoms with Crippen LogP contribution in [0.5, 0.6) is 0 Å². The molecule has 0 bridgehead atoms. The van der Waals surface area contributed by atoms with Gasteiger partial charge in [0, 0.05) is 11.3 Å². The zero-order valence-electron chi connectivity index (χ0n) is 9.14. The summed E-state index contributed by atoms with van der Waals surface area (Å²) in [5.41, 5.74) is 5.47. The van der Waals surface area contributed by atoms with Crippen molar-refractivity contribution in [2.45, 2.75) is 18.2 Å². The van der Waals surface area contributed by atoms with Crippen LogP contribution in [0.15, 0.2) is 6.20 Å². The van der Waals surface area contributed by atoms with E-state index in [2.05, 4.69) is 15.3 Å². The number of nitrogens with zero attached hydrogens (tertiary/aromatic N) is 2. The van der Waals surface area contributed by atoms with Crippen molar-refractivity contribution in [3.63, 3.8) is 0 Å². The van der Waals surface area contributed by atoms with E-state index in [4.69, 9.17) is 22.4 Å². The summed E-state index contributed by atoms with van der Waals surface area (Å²) in [6.45, 7) is 2.04. The molecule has 0 saturated heterocycles. The molecule has 0 aliphatic heterocycles. The highest BCUT2D eigenvalue weighted by Crippen LogP contribution is 2.21. The predicted molar refractivity (Wildman–Crippen MR) is 68.9 cm³/mol. The molecule has 5 nitrogen and oxygen atoms in total. The molecule has 2 atom stereocenters. The fourth-order valence-corrected chi connectivity index (χ4v) is 2.00.